The Kier molecular flexibility index (Phi) is 4.55. The highest BCUT2D eigenvalue weighted by molar-refractivity contribution is 5.99. The highest BCUT2D eigenvalue weighted by Gasteiger charge is 2.37. The van der Waals surface area contributed by atoms with E-state index in [4.69, 9.17) is 10.9 Å². The number of carbonyl (C=O) groups is 1. The van der Waals surface area contributed by atoms with E-state index in [2.05, 4.69) is 15.5 Å². The first-order valence-corrected chi connectivity index (χ1v) is 6.89. The van der Waals surface area contributed by atoms with Crippen LogP contribution in [0.4, 0.5) is 0 Å². The third-order valence-electron chi connectivity index (χ3n) is 3.81. The number of nitrogens with zero attached hydrogens (tertiary/aromatic N) is 2. The first-order chi connectivity index (χ1) is 9.68. The molecule has 1 saturated carbocycles. The van der Waals surface area contributed by atoms with Crippen molar-refractivity contribution >= 4 is 11.7 Å². The lowest BCUT2D eigenvalue weighted by Gasteiger charge is -2.32. The molecule has 2 rings (SSSR count). The van der Waals surface area contributed by atoms with E-state index >= 15 is 0 Å². The molecule has 1 fully saturated rings. The average Bonchev–Trinajstić information content (AvgIpc) is 2.74. The number of nitrogens with one attached hydrogen (secondary N) is 1. The van der Waals surface area contributed by atoms with Crippen molar-refractivity contribution in [3.8, 4) is 0 Å². The zero-order chi connectivity index (χ0) is 14.4. The lowest BCUT2D eigenvalue weighted by Crippen LogP contribution is -2.57. The van der Waals surface area contributed by atoms with Crippen molar-refractivity contribution in [3.05, 3.63) is 30.1 Å². The number of rotatable bonds is 3. The summed E-state index contributed by atoms with van der Waals surface area (Å²) in [4.78, 5) is 16.3. The van der Waals surface area contributed by atoms with Gasteiger partial charge in [-0.15, -0.1) is 0 Å². The van der Waals surface area contributed by atoms with Crippen LogP contribution in [0.1, 0.15) is 49.0 Å². The van der Waals surface area contributed by atoms with Crippen LogP contribution in [0.5, 0.6) is 0 Å². The predicted molar refractivity (Wildman–Crippen MR) is 75.5 cm³/mol. The summed E-state index contributed by atoms with van der Waals surface area (Å²) < 4.78 is 0. The highest BCUT2D eigenvalue weighted by atomic mass is 16.4. The van der Waals surface area contributed by atoms with Crippen LogP contribution in [0, 0.1) is 0 Å². The van der Waals surface area contributed by atoms with Gasteiger partial charge in [-0.2, -0.15) is 0 Å². The molecule has 0 bridgehead atoms. The van der Waals surface area contributed by atoms with Gasteiger partial charge < -0.3 is 16.3 Å². The smallest absolute Gasteiger partial charge is 0.270 e. The van der Waals surface area contributed by atoms with Crippen molar-refractivity contribution in [1.29, 1.82) is 0 Å². The molecule has 1 aromatic heterocycles. The number of aromatic nitrogens is 1. The van der Waals surface area contributed by atoms with Gasteiger partial charge in [0.05, 0.1) is 0 Å². The summed E-state index contributed by atoms with van der Waals surface area (Å²) in [5.74, 6) is -0.220. The van der Waals surface area contributed by atoms with Gasteiger partial charge in [0.15, 0.2) is 5.84 Å². The van der Waals surface area contributed by atoms with Crippen molar-refractivity contribution in [2.75, 3.05) is 0 Å². The minimum Gasteiger partial charge on any atom is -0.409 e. The molecule has 0 unspecified atom stereocenters. The van der Waals surface area contributed by atoms with Crippen LogP contribution >= 0.6 is 0 Å². The van der Waals surface area contributed by atoms with E-state index in [0.717, 1.165) is 25.7 Å². The molecule has 6 heteroatoms. The van der Waals surface area contributed by atoms with Crippen LogP contribution in [0.15, 0.2) is 29.6 Å². The Labute approximate surface area is 118 Å². The van der Waals surface area contributed by atoms with Crippen LogP contribution in [0.25, 0.3) is 0 Å². The molecule has 1 amide bonds. The number of hydrogen-bond acceptors (Lipinski definition) is 4. The van der Waals surface area contributed by atoms with Crippen LogP contribution < -0.4 is 11.1 Å². The Hall–Kier alpha value is -2.11. The number of amides is 1. The molecule has 1 aliphatic rings. The molecule has 1 aromatic rings. The Morgan fingerprint density at radius 1 is 1.30 bits per heavy atom. The largest absolute Gasteiger partial charge is 0.409 e. The zero-order valence-electron chi connectivity index (χ0n) is 11.4. The Morgan fingerprint density at radius 2 is 2.00 bits per heavy atom. The fourth-order valence-electron chi connectivity index (χ4n) is 2.65. The number of oxime groups is 1. The van der Waals surface area contributed by atoms with E-state index in [1.807, 2.05) is 0 Å². The SMILES string of the molecule is N/C(=N/O)C1(NC(=O)c2ccccn2)CCCCCC1. The molecule has 0 atom stereocenters. The summed E-state index contributed by atoms with van der Waals surface area (Å²) in [6, 6.07) is 5.15. The Balaban J connectivity index is 2.22. The molecule has 0 spiro atoms. The number of pyridine rings is 1. The minimum atomic E-state index is -0.764. The molecule has 4 N–H and O–H groups in total. The van der Waals surface area contributed by atoms with Gasteiger partial charge >= 0.3 is 0 Å². The second kappa shape index (κ2) is 6.36. The fourth-order valence-corrected chi connectivity index (χ4v) is 2.65. The maximum absolute atomic E-state index is 12.3. The van der Waals surface area contributed by atoms with Gasteiger partial charge in [-0.3, -0.25) is 9.78 Å². The second-order valence-corrected chi connectivity index (χ2v) is 5.15. The van der Waals surface area contributed by atoms with Gasteiger partial charge in [0.1, 0.15) is 11.2 Å². The van der Waals surface area contributed by atoms with E-state index in [9.17, 15) is 4.79 Å². The van der Waals surface area contributed by atoms with Crippen molar-refractivity contribution < 1.29 is 10.0 Å². The molecule has 1 heterocycles. The summed E-state index contributed by atoms with van der Waals surface area (Å²) in [5, 5.41) is 15.1. The van der Waals surface area contributed by atoms with Crippen LogP contribution in [0.3, 0.4) is 0 Å². The Morgan fingerprint density at radius 3 is 2.55 bits per heavy atom. The molecule has 20 heavy (non-hydrogen) atoms. The summed E-state index contributed by atoms with van der Waals surface area (Å²) >= 11 is 0. The molecular formula is C14H20N4O2. The predicted octanol–water partition coefficient (Wildman–Crippen LogP) is 1.65. The second-order valence-electron chi connectivity index (χ2n) is 5.15. The third-order valence-corrected chi connectivity index (χ3v) is 3.81. The van der Waals surface area contributed by atoms with Gasteiger partial charge in [0.25, 0.3) is 5.91 Å². The molecule has 0 aliphatic heterocycles. The molecule has 0 saturated heterocycles. The van der Waals surface area contributed by atoms with E-state index in [1.165, 1.54) is 0 Å². The molecule has 6 nitrogen and oxygen atoms in total. The molecule has 0 aromatic carbocycles. The number of amidine groups is 1. The monoisotopic (exact) mass is 276 g/mol. The van der Waals surface area contributed by atoms with Crippen LogP contribution in [-0.4, -0.2) is 27.5 Å². The Bertz CT molecular complexity index is 479. The van der Waals surface area contributed by atoms with Crippen molar-refractivity contribution in [3.63, 3.8) is 0 Å². The molecule has 0 radical (unpaired) electrons. The fraction of sp³-hybridized carbons (Fsp3) is 0.500. The average molecular weight is 276 g/mol. The van der Waals surface area contributed by atoms with Gasteiger partial charge in [-0.05, 0) is 25.0 Å². The number of nitrogens with two attached hydrogens (primary N) is 1. The summed E-state index contributed by atoms with van der Waals surface area (Å²) in [6.45, 7) is 0. The lowest BCUT2D eigenvalue weighted by molar-refractivity contribution is 0.0910. The quantitative estimate of drug-likeness (QED) is 0.257. The minimum absolute atomic E-state index is 0.0729. The van der Waals surface area contributed by atoms with Gasteiger partial charge in [-0.25, -0.2) is 0 Å². The van der Waals surface area contributed by atoms with E-state index < -0.39 is 5.54 Å². The molecular weight excluding hydrogens is 256 g/mol. The maximum atomic E-state index is 12.3. The zero-order valence-corrected chi connectivity index (χ0v) is 11.4. The van der Waals surface area contributed by atoms with E-state index in [-0.39, 0.29) is 11.7 Å². The van der Waals surface area contributed by atoms with E-state index in [1.54, 1.807) is 24.4 Å². The normalized spacial score (nSPS) is 19.1. The highest BCUT2D eigenvalue weighted by Crippen LogP contribution is 2.27. The lowest BCUT2D eigenvalue weighted by atomic mass is 9.88. The van der Waals surface area contributed by atoms with Gasteiger partial charge in [0.2, 0.25) is 0 Å². The first kappa shape index (κ1) is 14.3. The standard InChI is InChI=1S/C14H20N4O2/c15-13(18-20)14(8-4-1-2-5-9-14)17-12(19)11-7-3-6-10-16-11/h3,6-7,10,20H,1-2,4-5,8-9H2,(H2,15,18)(H,17,19). The van der Waals surface area contributed by atoms with Crippen LogP contribution in [-0.2, 0) is 0 Å². The molecule has 108 valence electrons. The van der Waals surface area contributed by atoms with Gasteiger partial charge in [-0.1, -0.05) is 36.9 Å². The topological polar surface area (TPSA) is 101 Å². The third kappa shape index (κ3) is 3.07. The van der Waals surface area contributed by atoms with Crippen molar-refractivity contribution in [1.82, 2.24) is 10.3 Å². The summed E-state index contributed by atoms with van der Waals surface area (Å²) in [6.07, 6.45) is 7.01. The maximum Gasteiger partial charge on any atom is 0.270 e. The summed E-state index contributed by atoms with van der Waals surface area (Å²) in [5.41, 5.74) is 5.41. The van der Waals surface area contributed by atoms with Crippen molar-refractivity contribution in [2.45, 2.75) is 44.1 Å². The van der Waals surface area contributed by atoms with Gasteiger partial charge in [0, 0.05) is 6.20 Å². The van der Waals surface area contributed by atoms with Crippen LogP contribution in [0.2, 0.25) is 0 Å². The number of hydrogen-bond donors (Lipinski definition) is 3. The molecule has 1 aliphatic carbocycles. The number of carbonyl (C=O) groups excluding carboxylic acids is 1. The van der Waals surface area contributed by atoms with Crippen molar-refractivity contribution in [2.24, 2.45) is 10.9 Å². The summed E-state index contributed by atoms with van der Waals surface area (Å²) in [7, 11) is 0. The van der Waals surface area contributed by atoms with E-state index in [0.29, 0.717) is 18.5 Å². The first-order valence-electron chi connectivity index (χ1n) is 6.89.